The maximum atomic E-state index is 11.8. The van der Waals surface area contributed by atoms with Crippen molar-refractivity contribution in [2.24, 2.45) is 0 Å². The van der Waals surface area contributed by atoms with Crippen LogP contribution < -0.4 is 10.5 Å². The second-order valence-corrected chi connectivity index (χ2v) is 3.77. The molecule has 0 aromatic heterocycles. The Morgan fingerprint density at radius 3 is 2.36 bits per heavy atom. The SMILES string of the molecule is Cc1cc(OC(F)(F)F)cc(N)c1I. The van der Waals surface area contributed by atoms with E-state index in [1.807, 2.05) is 22.6 Å². The van der Waals surface area contributed by atoms with Crippen molar-refractivity contribution in [3.05, 3.63) is 21.3 Å². The molecule has 0 saturated heterocycles. The van der Waals surface area contributed by atoms with E-state index in [0.717, 1.165) is 9.64 Å². The molecule has 0 heterocycles. The monoisotopic (exact) mass is 317 g/mol. The number of rotatable bonds is 1. The summed E-state index contributed by atoms with van der Waals surface area (Å²) >= 11 is 1.96. The van der Waals surface area contributed by atoms with E-state index in [-0.39, 0.29) is 11.4 Å². The van der Waals surface area contributed by atoms with E-state index in [4.69, 9.17) is 5.73 Å². The molecule has 14 heavy (non-hydrogen) atoms. The number of nitrogen functional groups attached to an aromatic ring is 1. The van der Waals surface area contributed by atoms with E-state index in [0.29, 0.717) is 5.56 Å². The first kappa shape index (κ1) is 11.4. The molecule has 1 aromatic rings. The number of halogens is 4. The standard InChI is InChI=1S/C8H7F3INO/c1-4-2-5(14-8(9,10)11)3-6(13)7(4)12/h2-3H,13H2,1H3. The highest BCUT2D eigenvalue weighted by Gasteiger charge is 2.31. The van der Waals surface area contributed by atoms with Gasteiger partial charge in [0.05, 0.1) is 0 Å². The van der Waals surface area contributed by atoms with Gasteiger partial charge in [0, 0.05) is 15.3 Å². The lowest BCUT2D eigenvalue weighted by molar-refractivity contribution is -0.274. The van der Waals surface area contributed by atoms with Gasteiger partial charge in [-0.25, -0.2) is 0 Å². The van der Waals surface area contributed by atoms with Gasteiger partial charge in [-0.15, -0.1) is 13.2 Å². The summed E-state index contributed by atoms with van der Waals surface area (Å²) in [6, 6.07) is 2.45. The van der Waals surface area contributed by atoms with E-state index in [9.17, 15) is 13.2 Å². The third kappa shape index (κ3) is 2.93. The zero-order valence-corrected chi connectivity index (χ0v) is 9.31. The van der Waals surface area contributed by atoms with E-state index < -0.39 is 6.36 Å². The average molecular weight is 317 g/mol. The quantitative estimate of drug-likeness (QED) is 0.638. The molecule has 0 bridgehead atoms. The van der Waals surface area contributed by atoms with Gasteiger partial charge >= 0.3 is 6.36 Å². The molecule has 0 saturated carbocycles. The lowest BCUT2D eigenvalue weighted by atomic mass is 10.2. The highest BCUT2D eigenvalue weighted by molar-refractivity contribution is 14.1. The predicted molar refractivity (Wildman–Crippen MR) is 55.0 cm³/mol. The van der Waals surface area contributed by atoms with Crippen LogP contribution in [0, 0.1) is 10.5 Å². The molecular formula is C8H7F3INO. The maximum absolute atomic E-state index is 11.8. The first-order valence-electron chi connectivity index (χ1n) is 3.61. The summed E-state index contributed by atoms with van der Waals surface area (Å²) in [4.78, 5) is 0. The molecule has 1 rings (SSSR count). The number of hydrogen-bond acceptors (Lipinski definition) is 2. The van der Waals surface area contributed by atoms with Gasteiger partial charge in [-0.2, -0.15) is 0 Å². The molecule has 0 atom stereocenters. The van der Waals surface area contributed by atoms with Crippen LogP contribution in [0.2, 0.25) is 0 Å². The van der Waals surface area contributed by atoms with Crippen LogP contribution >= 0.6 is 22.6 Å². The van der Waals surface area contributed by atoms with Crippen LogP contribution in [0.15, 0.2) is 12.1 Å². The fraction of sp³-hybridized carbons (Fsp3) is 0.250. The highest BCUT2D eigenvalue weighted by atomic mass is 127. The van der Waals surface area contributed by atoms with Crippen molar-refractivity contribution in [1.82, 2.24) is 0 Å². The fourth-order valence-corrected chi connectivity index (χ4v) is 1.27. The van der Waals surface area contributed by atoms with Crippen LogP contribution in [0.5, 0.6) is 5.75 Å². The number of aryl methyl sites for hydroxylation is 1. The molecule has 0 amide bonds. The van der Waals surface area contributed by atoms with Gasteiger partial charge in [-0.3, -0.25) is 0 Å². The molecule has 0 radical (unpaired) electrons. The summed E-state index contributed by atoms with van der Waals surface area (Å²) in [7, 11) is 0. The smallest absolute Gasteiger partial charge is 0.406 e. The third-order valence-corrected chi connectivity index (χ3v) is 2.96. The second-order valence-electron chi connectivity index (χ2n) is 2.69. The van der Waals surface area contributed by atoms with Crippen molar-refractivity contribution in [1.29, 1.82) is 0 Å². The molecule has 0 aliphatic carbocycles. The lowest BCUT2D eigenvalue weighted by Crippen LogP contribution is -2.17. The van der Waals surface area contributed by atoms with Crippen molar-refractivity contribution in [3.63, 3.8) is 0 Å². The van der Waals surface area contributed by atoms with Gasteiger partial charge in [0.25, 0.3) is 0 Å². The Hall–Kier alpha value is -0.660. The first-order chi connectivity index (χ1) is 6.29. The second kappa shape index (κ2) is 3.84. The summed E-state index contributed by atoms with van der Waals surface area (Å²) < 4.78 is 40.0. The van der Waals surface area contributed by atoms with Crippen molar-refractivity contribution < 1.29 is 17.9 Å². The molecular weight excluding hydrogens is 310 g/mol. The number of alkyl halides is 3. The first-order valence-corrected chi connectivity index (χ1v) is 4.69. The fourth-order valence-electron chi connectivity index (χ4n) is 0.955. The topological polar surface area (TPSA) is 35.2 Å². The van der Waals surface area contributed by atoms with E-state index >= 15 is 0 Å². The Morgan fingerprint density at radius 2 is 1.93 bits per heavy atom. The summed E-state index contributed by atoms with van der Waals surface area (Å²) in [5.41, 5.74) is 6.43. The predicted octanol–water partition coefficient (Wildman–Crippen LogP) is 3.08. The van der Waals surface area contributed by atoms with Crippen LogP contribution in [-0.2, 0) is 0 Å². The maximum Gasteiger partial charge on any atom is 0.573 e. The molecule has 6 heteroatoms. The zero-order chi connectivity index (χ0) is 10.9. The number of nitrogens with two attached hydrogens (primary N) is 1. The van der Waals surface area contributed by atoms with Crippen molar-refractivity contribution in [2.75, 3.05) is 5.73 Å². The summed E-state index contributed by atoms with van der Waals surface area (Å²) in [6.45, 7) is 1.67. The minimum Gasteiger partial charge on any atom is -0.406 e. The van der Waals surface area contributed by atoms with Gasteiger partial charge in [0.15, 0.2) is 0 Å². The molecule has 0 unspecified atom stereocenters. The number of ether oxygens (including phenoxy) is 1. The van der Waals surface area contributed by atoms with Crippen LogP contribution in [0.25, 0.3) is 0 Å². The number of anilines is 1. The minimum atomic E-state index is -4.67. The van der Waals surface area contributed by atoms with Crippen molar-refractivity contribution in [3.8, 4) is 5.75 Å². The van der Waals surface area contributed by atoms with Crippen LogP contribution in [0.1, 0.15) is 5.56 Å². The van der Waals surface area contributed by atoms with Crippen LogP contribution in [0.3, 0.4) is 0 Å². The Balaban J connectivity index is 3.02. The van der Waals surface area contributed by atoms with Gasteiger partial charge in [0.2, 0.25) is 0 Å². The third-order valence-electron chi connectivity index (χ3n) is 1.49. The molecule has 0 aliphatic heterocycles. The minimum absolute atomic E-state index is 0.282. The van der Waals surface area contributed by atoms with E-state index in [1.54, 1.807) is 6.92 Å². The normalized spacial score (nSPS) is 11.5. The Kier molecular flexibility index (Phi) is 3.13. The molecule has 78 valence electrons. The molecule has 2 N–H and O–H groups in total. The highest BCUT2D eigenvalue weighted by Crippen LogP contribution is 2.29. The van der Waals surface area contributed by atoms with Gasteiger partial charge < -0.3 is 10.5 Å². The molecule has 0 spiro atoms. The lowest BCUT2D eigenvalue weighted by Gasteiger charge is -2.11. The average Bonchev–Trinajstić information content (AvgIpc) is 1.96. The van der Waals surface area contributed by atoms with Gasteiger partial charge in [0.1, 0.15) is 5.75 Å². The zero-order valence-electron chi connectivity index (χ0n) is 7.15. The largest absolute Gasteiger partial charge is 0.573 e. The summed E-state index contributed by atoms with van der Waals surface area (Å²) in [5, 5.41) is 0. The van der Waals surface area contributed by atoms with Gasteiger partial charge in [-0.1, -0.05) is 0 Å². The van der Waals surface area contributed by atoms with Crippen molar-refractivity contribution >= 4 is 28.3 Å². The van der Waals surface area contributed by atoms with Crippen LogP contribution in [-0.4, -0.2) is 6.36 Å². The molecule has 2 nitrogen and oxygen atoms in total. The molecule has 1 aromatic carbocycles. The molecule has 0 fully saturated rings. The van der Waals surface area contributed by atoms with Crippen LogP contribution in [0.4, 0.5) is 18.9 Å². The Morgan fingerprint density at radius 1 is 1.36 bits per heavy atom. The summed E-state index contributed by atoms with van der Waals surface area (Å²) in [5.74, 6) is -0.284. The summed E-state index contributed by atoms with van der Waals surface area (Å²) in [6.07, 6.45) is -4.67. The van der Waals surface area contributed by atoms with Crippen molar-refractivity contribution in [2.45, 2.75) is 13.3 Å². The Bertz CT molecular complexity index is 328. The Labute approximate surface area is 92.4 Å². The van der Waals surface area contributed by atoms with E-state index in [1.165, 1.54) is 6.07 Å². The number of benzene rings is 1. The van der Waals surface area contributed by atoms with E-state index in [2.05, 4.69) is 4.74 Å². The molecule has 0 aliphatic rings. The van der Waals surface area contributed by atoms with Gasteiger partial charge in [-0.05, 0) is 41.1 Å². The number of hydrogen-bond donors (Lipinski definition) is 1.